The number of rotatable bonds is 6. The number of carbonyl (C=O) groups is 1. The summed E-state index contributed by atoms with van der Waals surface area (Å²) in [5, 5.41) is 7.30. The van der Waals surface area contributed by atoms with Crippen LogP contribution in [-0.4, -0.2) is 40.5 Å². The van der Waals surface area contributed by atoms with Crippen LogP contribution in [0.25, 0.3) is 10.9 Å². The number of hydrogen-bond donors (Lipinski definition) is 4. The summed E-state index contributed by atoms with van der Waals surface area (Å²) in [6.45, 7) is 6.69. The van der Waals surface area contributed by atoms with Crippen molar-refractivity contribution >= 4 is 28.6 Å². The van der Waals surface area contributed by atoms with Gasteiger partial charge in [-0.2, -0.15) is 0 Å². The summed E-state index contributed by atoms with van der Waals surface area (Å²) in [5.41, 5.74) is 13.1. The number of benzene rings is 1. The second kappa shape index (κ2) is 9.07. The summed E-state index contributed by atoms with van der Waals surface area (Å²) < 4.78 is 0. The zero-order chi connectivity index (χ0) is 21.0. The van der Waals surface area contributed by atoms with Crippen LogP contribution in [-0.2, 0) is 0 Å². The van der Waals surface area contributed by atoms with Gasteiger partial charge >= 0.3 is 0 Å². The Morgan fingerprint density at radius 1 is 1.24 bits per heavy atom. The van der Waals surface area contributed by atoms with Crippen LogP contribution < -0.4 is 22.1 Å². The summed E-state index contributed by atoms with van der Waals surface area (Å²) >= 11 is 0. The molecule has 0 saturated heterocycles. The van der Waals surface area contributed by atoms with Crippen molar-refractivity contribution in [3.05, 3.63) is 29.6 Å². The summed E-state index contributed by atoms with van der Waals surface area (Å²) in [7, 11) is 0. The highest BCUT2D eigenvalue weighted by atomic mass is 16.2. The van der Waals surface area contributed by atoms with Gasteiger partial charge in [0.2, 0.25) is 5.82 Å². The molecule has 1 aliphatic rings. The number of nitrogens with one attached hydrogen (secondary N) is 2. The predicted molar refractivity (Wildman–Crippen MR) is 117 cm³/mol. The van der Waals surface area contributed by atoms with Crippen LogP contribution in [0.3, 0.4) is 0 Å². The van der Waals surface area contributed by atoms with Gasteiger partial charge in [0.1, 0.15) is 5.82 Å². The zero-order valence-electron chi connectivity index (χ0n) is 17.4. The maximum atomic E-state index is 12.6. The highest BCUT2D eigenvalue weighted by molar-refractivity contribution is 5.96. The van der Waals surface area contributed by atoms with Gasteiger partial charge in [-0.15, -0.1) is 0 Å². The molecule has 1 saturated carbocycles. The summed E-state index contributed by atoms with van der Waals surface area (Å²) in [6, 6.07) is 5.98. The lowest BCUT2D eigenvalue weighted by molar-refractivity contribution is 0.0939. The molecular weight excluding hydrogens is 366 g/mol. The van der Waals surface area contributed by atoms with Gasteiger partial charge in [-0.3, -0.25) is 4.79 Å². The van der Waals surface area contributed by atoms with E-state index < -0.39 is 0 Å². The van der Waals surface area contributed by atoms with E-state index in [2.05, 4.69) is 25.6 Å². The smallest absolute Gasteiger partial charge is 0.289 e. The lowest BCUT2D eigenvalue weighted by atomic mass is 9.90. The molecule has 8 nitrogen and oxygen atoms in total. The Morgan fingerprint density at radius 2 is 2.00 bits per heavy atom. The number of nitrogens with two attached hydrogens (primary N) is 2. The largest absolute Gasteiger partial charge is 0.370 e. The topological polar surface area (TPSA) is 131 Å². The highest BCUT2D eigenvalue weighted by Crippen LogP contribution is 2.28. The molecule has 0 spiro atoms. The van der Waals surface area contributed by atoms with Gasteiger partial charge < -0.3 is 22.1 Å². The van der Waals surface area contributed by atoms with Crippen LogP contribution in [0.1, 0.15) is 55.7 Å². The van der Waals surface area contributed by atoms with E-state index in [1.165, 1.54) is 0 Å². The van der Waals surface area contributed by atoms with Crippen LogP contribution >= 0.6 is 0 Å². The number of nitrogens with zero attached hydrogens (tertiary/aromatic N) is 3. The fourth-order valence-electron chi connectivity index (χ4n) is 3.63. The van der Waals surface area contributed by atoms with Crippen LogP contribution in [0.5, 0.6) is 0 Å². The first-order chi connectivity index (χ1) is 13.8. The van der Waals surface area contributed by atoms with E-state index in [-0.39, 0.29) is 29.8 Å². The van der Waals surface area contributed by atoms with Crippen LogP contribution in [0.2, 0.25) is 0 Å². The van der Waals surface area contributed by atoms with E-state index in [0.717, 1.165) is 42.1 Å². The third-order valence-corrected chi connectivity index (χ3v) is 5.09. The number of amides is 1. The molecule has 6 N–H and O–H groups in total. The molecule has 1 heterocycles. The number of guanidine groups is 1. The first-order valence-corrected chi connectivity index (χ1v) is 10.3. The molecule has 0 unspecified atom stereocenters. The molecule has 2 aromatic rings. The molecule has 0 bridgehead atoms. The molecule has 2 atom stereocenters. The third kappa shape index (κ3) is 5.34. The van der Waals surface area contributed by atoms with Crippen LogP contribution in [0.15, 0.2) is 23.2 Å². The van der Waals surface area contributed by atoms with E-state index in [4.69, 9.17) is 11.5 Å². The second-order valence-electron chi connectivity index (χ2n) is 8.18. The quantitative estimate of drug-likeness (QED) is 0.437. The predicted octanol–water partition coefficient (Wildman–Crippen LogP) is 2.32. The van der Waals surface area contributed by atoms with E-state index >= 15 is 0 Å². The van der Waals surface area contributed by atoms with Gasteiger partial charge in [-0.05, 0) is 37.8 Å². The Morgan fingerprint density at radius 3 is 2.72 bits per heavy atom. The Kier molecular flexibility index (Phi) is 6.51. The van der Waals surface area contributed by atoms with E-state index in [0.29, 0.717) is 18.3 Å². The van der Waals surface area contributed by atoms with Gasteiger partial charge in [0.15, 0.2) is 5.96 Å². The molecule has 1 aromatic carbocycles. The van der Waals surface area contributed by atoms with Crippen molar-refractivity contribution in [3.63, 3.8) is 0 Å². The zero-order valence-corrected chi connectivity index (χ0v) is 17.4. The number of aliphatic imine (C=N–C) groups is 1. The molecule has 1 amide bonds. The lowest BCUT2D eigenvalue weighted by Gasteiger charge is -2.30. The lowest BCUT2D eigenvalue weighted by Crippen LogP contribution is -2.38. The first-order valence-electron chi connectivity index (χ1n) is 10.3. The maximum absolute atomic E-state index is 12.6. The van der Waals surface area contributed by atoms with Gasteiger partial charge in [0, 0.05) is 11.9 Å². The van der Waals surface area contributed by atoms with Gasteiger partial charge in [0.25, 0.3) is 5.91 Å². The Hall–Kier alpha value is -2.90. The number of anilines is 1. The molecule has 156 valence electrons. The summed E-state index contributed by atoms with van der Waals surface area (Å²) in [5.74, 6) is 0.992. The number of carbonyl (C=O) groups excluding carboxylic acids is 1. The molecule has 0 aliphatic heterocycles. The van der Waals surface area contributed by atoms with Crippen LogP contribution in [0.4, 0.5) is 5.82 Å². The van der Waals surface area contributed by atoms with E-state index in [1.54, 1.807) is 0 Å². The van der Waals surface area contributed by atoms with Crippen molar-refractivity contribution in [1.29, 1.82) is 0 Å². The normalized spacial score (nSPS) is 19.2. The fourth-order valence-corrected chi connectivity index (χ4v) is 3.63. The maximum Gasteiger partial charge on any atom is 0.289 e. The molecule has 3 rings (SSSR count). The van der Waals surface area contributed by atoms with Crippen molar-refractivity contribution in [2.24, 2.45) is 22.4 Å². The molecule has 8 heteroatoms. The van der Waals surface area contributed by atoms with E-state index in [1.807, 2.05) is 39.0 Å². The van der Waals surface area contributed by atoms with Crippen molar-refractivity contribution in [2.75, 3.05) is 11.9 Å². The molecular formula is C21H31N7O. The van der Waals surface area contributed by atoms with Gasteiger partial charge in [-0.1, -0.05) is 38.3 Å². The van der Waals surface area contributed by atoms with Gasteiger partial charge in [0.05, 0.1) is 17.6 Å². The Balaban J connectivity index is 1.96. The van der Waals surface area contributed by atoms with Crippen molar-refractivity contribution in [1.82, 2.24) is 15.3 Å². The monoisotopic (exact) mass is 397 g/mol. The number of hydrogen-bond acceptors (Lipinski definition) is 5. The Labute approximate surface area is 171 Å². The number of aryl methyl sites for hydroxylation is 1. The standard InChI is InChI=1S/C21H31N7O/c1-12(2)11-24-20(29)19-25-15-9-8-13(3)10-14(15)18(28-19)26-16-6-4-5-7-17(16)27-21(22)23/h8-10,12,16-17H,4-7,11H2,1-3H3,(H,24,29)(H4,22,23,27)(H,25,26,28)/t16-,17+/m1/s1. The SMILES string of the molecule is Cc1ccc2nc(C(=O)NCC(C)C)nc(N[C@@H]3CCCC[C@@H]3N=C(N)N)c2c1. The molecule has 1 fully saturated rings. The third-order valence-electron chi connectivity index (χ3n) is 5.09. The fraction of sp³-hybridized carbons (Fsp3) is 0.524. The summed E-state index contributed by atoms with van der Waals surface area (Å²) in [6.07, 6.45) is 4.04. The van der Waals surface area contributed by atoms with Crippen molar-refractivity contribution < 1.29 is 4.79 Å². The average molecular weight is 398 g/mol. The first kappa shape index (κ1) is 20.8. The Bertz CT molecular complexity index is 905. The molecule has 1 aliphatic carbocycles. The van der Waals surface area contributed by atoms with Crippen molar-refractivity contribution in [3.8, 4) is 0 Å². The van der Waals surface area contributed by atoms with Gasteiger partial charge in [-0.25, -0.2) is 15.0 Å². The van der Waals surface area contributed by atoms with Crippen LogP contribution in [0, 0.1) is 12.8 Å². The molecule has 1 aromatic heterocycles. The average Bonchev–Trinajstić information content (AvgIpc) is 2.67. The number of fused-ring (bicyclic) bond motifs is 1. The van der Waals surface area contributed by atoms with Crippen molar-refractivity contribution in [2.45, 2.75) is 58.5 Å². The minimum absolute atomic E-state index is 0.0122. The highest BCUT2D eigenvalue weighted by Gasteiger charge is 2.26. The summed E-state index contributed by atoms with van der Waals surface area (Å²) in [4.78, 5) is 26.1. The number of aromatic nitrogens is 2. The van der Waals surface area contributed by atoms with E-state index in [9.17, 15) is 4.79 Å². The minimum Gasteiger partial charge on any atom is -0.370 e. The molecule has 29 heavy (non-hydrogen) atoms. The minimum atomic E-state index is -0.270. The second-order valence-corrected chi connectivity index (χ2v) is 8.18. The molecule has 0 radical (unpaired) electrons.